The molecule has 6 nitrogen and oxygen atoms in total. The van der Waals surface area contributed by atoms with Crippen LogP contribution in [0.1, 0.15) is 67.3 Å². The number of methoxy groups -OCH3 is 1. The summed E-state index contributed by atoms with van der Waals surface area (Å²) in [7, 11) is 5.32. The summed E-state index contributed by atoms with van der Waals surface area (Å²) in [5, 5.41) is 0. The molecule has 0 amide bonds. The van der Waals surface area contributed by atoms with Crippen molar-refractivity contribution in [2.45, 2.75) is 65.3 Å². The van der Waals surface area contributed by atoms with E-state index in [4.69, 9.17) is 4.74 Å². The molecule has 0 bridgehead atoms. The van der Waals surface area contributed by atoms with Crippen molar-refractivity contribution >= 4 is 11.8 Å². The lowest BCUT2D eigenvalue weighted by molar-refractivity contribution is -0.141. The van der Waals surface area contributed by atoms with Gasteiger partial charge in [-0.2, -0.15) is 0 Å². The zero-order chi connectivity index (χ0) is 29.4. The molecule has 6 heteroatoms. The van der Waals surface area contributed by atoms with E-state index in [0.29, 0.717) is 18.4 Å². The van der Waals surface area contributed by atoms with E-state index in [0.717, 1.165) is 23.2 Å². The van der Waals surface area contributed by atoms with Gasteiger partial charge in [0.2, 0.25) is 0 Å². The quantitative estimate of drug-likeness (QED) is 0.242. The molecule has 3 aromatic rings. The Kier molecular flexibility index (Phi) is 11.0. The smallest absolute Gasteiger partial charge is 0.306 e. The van der Waals surface area contributed by atoms with Crippen LogP contribution < -0.4 is 5.56 Å². The number of carbonyl (C=O) groups is 2. The van der Waals surface area contributed by atoms with Gasteiger partial charge in [0.1, 0.15) is 0 Å². The van der Waals surface area contributed by atoms with Crippen LogP contribution >= 0.6 is 0 Å². The molecule has 1 unspecified atom stereocenters. The van der Waals surface area contributed by atoms with Crippen LogP contribution in [0, 0.1) is 19.8 Å². The zero-order valence-corrected chi connectivity index (χ0v) is 25.1. The van der Waals surface area contributed by atoms with E-state index < -0.39 is 6.04 Å². The standard InChI is InChI=1S/C34H44N2O4/c1-23(2)19-30(36-17-10-15-26(34(36)39)16-18-35(5)6)31(37)21-29(22-32(38)40-7)27-13-9-14-28(20-27)33-24(3)11-8-12-25(33)4/h8-15,17,20,23,29-30H,16,18-19,21-22H2,1-7H3/t29-,30?/m0/s1. The summed E-state index contributed by atoms with van der Waals surface area (Å²) in [6.07, 6.45) is 3.11. The summed E-state index contributed by atoms with van der Waals surface area (Å²) in [5.74, 6) is -0.574. The number of benzene rings is 2. The SMILES string of the molecule is COC(=O)C[C@H](CC(=O)C(CC(C)C)n1cccc(CCN(C)C)c1=O)c1cccc(-c2c(C)cccc2C)c1. The first kappa shape index (κ1) is 31.0. The molecule has 0 aliphatic rings. The van der Waals surface area contributed by atoms with Crippen LogP contribution in [-0.4, -0.2) is 49.0 Å². The van der Waals surface area contributed by atoms with Crippen LogP contribution in [0.5, 0.6) is 0 Å². The minimum atomic E-state index is -0.603. The van der Waals surface area contributed by atoms with Crippen LogP contribution in [0.3, 0.4) is 0 Å². The van der Waals surface area contributed by atoms with Gasteiger partial charge in [0.05, 0.1) is 19.6 Å². The molecule has 2 atom stereocenters. The number of ether oxygens (including phenoxy) is 1. The van der Waals surface area contributed by atoms with Gasteiger partial charge in [-0.25, -0.2) is 0 Å². The Morgan fingerprint density at radius 1 is 0.950 bits per heavy atom. The number of Topliss-reactive ketones (excluding diaryl/α,β-unsaturated/α-hetero) is 1. The lowest BCUT2D eigenvalue weighted by Crippen LogP contribution is -2.34. The summed E-state index contributed by atoms with van der Waals surface area (Å²) in [6, 6.07) is 17.4. The summed E-state index contributed by atoms with van der Waals surface area (Å²) < 4.78 is 6.62. The van der Waals surface area contributed by atoms with Gasteiger partial charge >= 0.3 is 5.97 Å². The number of hydrogen-bond acceptors (Lipinski definition) is 5. The number of aryl methyl sites for hydroxylation is 2. The number of ketones is 1. The molecule has 0 spiro atoms. The lowest BCUT2D eigenvalue weighted by Gasteiger charge is -2.24. The van der Waals surface area contributed by atoms with E-state index in [2.05, 4.69) is 52.0 Å². The monoisotopic (exact) mass is 544 g/mol. The van der Waals surface area contributed by atoms with Crippen molar-refractivity contribution < 1.29 is 14.3 Å². The number of esters is 1. The number of likely N-dealkylation sites (N-methyl/N-ethyl adjacent to an activating group) is 1. The molecular weight excluding hydrogens is 500 g/mol. The number of pyridine rings is 1. The van der Waals surface area contributed by atoms with Gasteiger partial charge in [-0.3, -0.25) is 14.4 Å². The second kappa shape index (κ2) is 14.2. The summed E-state index contributed by atoms with van der Waals surface area (Å²) in [5.41, 5.74) is 6.04. The first-order valence-electron chi connectivity index (χ1n) is 14.1. The van der Waals surface area contributed by atoms with Gasteiger partial charge in [0, 0.05) is 30.6 Å². The molecule has 1 aromatic heterocycles. The Hall–Kier alpha value is -3.51. The molecule has 0 N–H and O–H groups in total. The Labute approximate surface area is 239 Å². The summed E-state index contributed by atoms with van der Waals surface area (Å²) >= 11 is 0. The first-order chi connectivity index (χ1) is 19.0. The van der Waals surface area contributed by atoms with Crippen LogP contribution in [0.15, 0.2) is 65.6 Å². The van der Waals surface area contributed by atoms with E-state index in [9.17, 15) is 14.4 Å². The second-order valence-electron chi connectivity index (χ2n) is 11.5. The third kappa shape index (κ3) is 8.01. The fourth-order valence-corrected chi connectivity index (χ4v) is 5.37. The largest absolute Gasteiger partial charge is 0.469 e. The third-order valence-corrected chi connectivity index (χ3v) is 7.50. The molecule has 2 aromatic carbocycles. The van der Waals surface area contributed by atoms with Crippen molar-refractivity contribution in [2.75, 3.05) is 27.7 Å². The predicted molar refractivity (Wildman–Crippen MR) is 162 cm³/mol. The predicted octanol–water partition coefficient (Wildman–Crippen LogP) is 6.13. The molecule has 1 heterocycles. The molecule has 0 saturated carbocycles. The van der Waals surface area contributed by atoms with Crippen molar-refractivity contribution in [3.05, 3.63) is 93.4 Å². The normalized spacial score (nSPS) is 12.9. The van der Waals surface area contributed by atoms with Crippen molar-refractivity contribution in [1.29, 1.82) is 0 Å². The number of nitrogens with zero attached hydrogens (tertiary/aromatic N) is 2. The van der Waals surface area contributed by atoms with Crippen molar-refractivity contribution in [3.8, 4) is 11.1 Å². The van der Waals surface area contributed by atoms with Gasteiger partial charge in [-0.1, -0.05) is 62.4 Å². The number of carbonyl (C=O) groups excluding carboxylic acids is 2. The molecule has 0 fully saturated rings. The molecule has 40 heavy (non-hydrogen) atoms. The van der Waals surface area contributed by atoms with Crippen LogP contribution in [0.4, 0.5) is 0 Å². The van der Waals surface area contributed by atoms with E-state index in [1.807, 2.05) is 49.3 Å². The Balaban J connectivity index is 1.99. The van der Waals surface area contributed by atoms with Crippen LogP contribution in [0.2, 0.25) is 0 Å². The molecule has 214 valence electrons. The Bertz CT molecular complexity index is 1350. The molecule has 0 saturated heterocycles. The molecule has 0 aliphatic heterocycles. The highest BCUT2D eigenvalue weighted by molar-refractivity contribution is 5.84. The van der Waals surface area contributed by atoms with E-state index in [1.165, 1.54) is 18.2 Å². The Morgan fingerprint density at radius 3 is 2.25 bits per heavy atom. The van der Waals surface area contributed by atoms with Crippen molar-refractivity contribution in [1.82, 2.24) is 9.47 Å². The lowest BCUT2D eigenvalue weighted by atomic mass is 9.85. The average Bonchev–Trinajstić information content (AvgIpc) is 2.90. The van der Waals surface area contributed by atoms with Gasteiger partial charge in [0.25, 0.3) is 5.56 Å². The maximum atomic E-state index is 14.0. The maximum absolute atomic E-state index is 14.0. The third-order valence-electron chi connectivity index (χ3n) is 7.50. The summed E-state index contributed by atoms with van der Waals surface area (Å²) in [6.45, 7) is 9.04. The van der Waals surface area contributed by atoms with Crippen LogP contribution in [0.25, 0.3) is 11.1 Å². The fourth-order valence-electron chi connectivity index (χ4n) is 5.37. The van der Waals surface area contributed by atoms with E-state index >= 15 is 0 Å². The fraction of sp³-hybridized carbons (Fsp3) is 0.441. The highest BCUT2D eigenvalue weighted by Gasteiger charge is 2.28. The Morgan fingerprint density at radius 2 is 1.62 bits per heavy atom. The number of hydrogen-bond donors (Lipinski definition) is 0. The average molecular weight is 545 g/mol. The number of aromatic nitrogens is 1. The highest BCUT2D eigenvalue weighted by Crippen LogP contribution is 2.33. The molecular formula is C34H44N2O4. The highest BCUT2D eigenvalue weighted by atomic mass is 16.5. The number of rotatable bonds is 13. The van der Waals surface area contributed by atoms with Gasteiger partial charge < -0.3 is 14.2 Å². The topological polar surface area (TPSA) is 68.6 Å². The van der Waals surface area contributed by atoms with E-state index in [1.54, 1.807) is 10.8 Å². The molecule has 0 aliphatic carbocycles. The van der Waals surface area contributed by atoms with Crippen LogP contribution in [-0.2, 0) is 20.7 Å². The minimum Gasteiger partial charge on any atom is -0.469 e. The van der Waals surface area contributed by atoms with Gasteiger partial charge in [-0.05, 0) is 80.6 Å². The maximum Gasteiger partial charge on any atom is 0.306 e. The van der Waals surface area contributed by atoms with Crippen molar-refractivity contribution in [3.63, 3.8) is 0 Å². The molecule has 0 radical (unpaired) electrons. The second-order valence-corrected chi connectivity index (χ2v) is 11.5. The van der Waals surface area contributed by atoms with Gasteiger partial charge in [-0.15, -0.1) is 0 Å². The minimum absolute atomic E-state index is 0.0491. The van der Waals surface area contributed by atoms with Gasteiger partial charge in [0.15, 0.2) is 5.78 Å². The first-order valence-corrected chi connectivity index (χ1v) is 14.1. The van der Waals surface area contributed by atoms with Crippen molar-refractivity contribution in [2.24, 2.45) is 5.92 Å². The molecule has 3 rings (SSSR count). The summed E-state index contributed by atoms with van der Waals surface area (Å²) in [4.78, 5) is 42.0. The van der Waals surface area contributed by atoms with E-state index in [-0.39, 0.29) is 42.0 Å². The zero-order valence-electron chi connectivity index (χ0n) is 25.1.